The molecule has 168 valence electrons. The van der Waals surface area contributed by atoms with Gasteiger partial charge in [-0.15, -0.1) is 12.4 Å². The Balaban J connectivity index is 0.00000218. The molecule has 1 saturated heterocycles. The summed E-state index contributed by atoms with van der Waals surface area (Å²) in [6.07, 6.45) is 9.67. The highest BCUT2D eigenvalue weighted by Gasteiger charge is 2.62. The van der Waals surface area contributed by atoms with Gasteiger partial charge < -0.3 is 10.2 Å². The van der Waals surface area contributed by atoms with E-state index in [1.807, 2.05) is 0 Å². The summed E-state index contributed by atoms with van der Waals surface area (Å²) in [5, 5.41) is 7.90. The third-order valence-electron chi connectivity index (χ3n) is 9.64. The Bertz CT molecular complexity index is 734. The second-order valence-electron chi connectivity index (χ2n) is 11.0. The zero-order valence-electron chi connectivity index (χ0n) is 18.5. The number of fused-ring (bicyclic) bond motifs is 5. The lowest BCUT2D eigenvalue weighted by Gasteiger charge is -2.58. The smallest absolute Gasteiger partial charge is 0.139 e. The molecule has 4 saturated carbocycles. The molecule has 4 aliphatic carbocycles. The van der Waals surface area contributed by atoms with E-state index in [4.69, 9.17) is 4.84 Å². The van der Waals surface area contributed by atoms with Crippen LogP contribution in [0.2, 0.25) is 0 Å². The normalized spacial score (nSPS) is 46.7. The molecule has 5 nitrogen and oxygen atoms in total. The number of rotatable bonds is 3. The Morgan fingerprint density at radius 2 is 1.90 bits per heavy atom. The molecular formula is C24H37ClN2O3. The second-order valence-corrected chi connectivity index (χ2v) is 11.0. The Morgan fingerprint density at radius 1 is 1.07 bits per heavy atom. The van der Waals surface area contributed by atoms with Gasteiger partial charge >= 0.3 is 0 Å². The van der Waals surface area contributed by atoms with Crippen LogP contribution in [0.1, 0.15) is 78.1 Å². The van der Waals surface area contributed by atoms with Crippen molar-refractivity contribution in [3.8, 4) is 0 Å². The fourth-order valence-corrected chi connectivity index (χ4v) is 7.82. The highest BCUT2D eigenvalue weighted by Crippen LogP contribution is 2.64. The highest BCUT2D eigenvalue weighted by atomic mass is 35.5. The molecular weight excluding hydrogens is 400 g/mol. The molecule has 0 aromatic rings. The van der Waals surface area contributed by atoms with E-state index in [0.717, 1.165) is 63.6 Å². The number of carbonyl (C=O) groups is 2. The molecule has 6 heteroatoms. The molecule has 5 aliphatic rings. The van der Waals surface area contributed by atoms with Gasteiger partial charge in [-0.2, -0.15) is 0 Å². The van der Waals surface area contributed by atoms with E-state index in [9.17, 15) is 9.59 Å². The van der Waals surface area contributed by atoms with E-state index >= 15 is 0 Å². The lowest BCUT2D eigenvalue weighted by Crippen LogP contribution is -2.56. The molecule has 1 N–H and O–H groups in total. The topological polar surface area (TPSA) is 67.8 Å². The van der Waals surface area contributed by atoms with Crippen molar-refractivity contribution in [3.05, 3.63) is 0 Å². The van der Waals surface area contributed by atoms with Gasteiger partial charge in [0.15, 0.2) is 0 Å². The van der Waals surface area contributed by atoms with Gasteiger partial charge in [-0.05, 0) is 81.1 Å². The minimum Gasteiger partial charge on any atom is -0.394 e. The number of carbonyl (C=O) groups excluding carboxylic acids is 2. The first-order chi connectivity index (χ1) is 13.9. The van der Waals surface area contributed by atoms with Crippen molar-refractivity contribution in [1.29, 1.82) is 0 Å². The maximum Gasteiger partial charge on any atom is 0.139 e. The molecule has 5 rings (SSSR count). The number of ketones is 2. The summed E-state index contributed by atoms with van der Waals surface area (Å²) in [5.41, 5.74) is 0.988. The average molecular weight is 437 g/mol. The van der Waals surface area contributed by atoms with Crippen LogP contribution in [0.5, 0.6) is 0 Å². The van der Waals surface area contributed by atoms with E-state index in [1.54, 1.807) is 0 Å². The third-order valence-corrected chi connectivity index (χ3v) is 9.64. The molecule has 1 unspecified atom stereocenters. The average Bonchev–Trinajstić information content (AvgIpc) is 3.31. The first-order valence-electron chi connectivity index (χ1n) is 11.9. The van der Waals surface area contributed by atoms with Crippen LogP contribution < -0.4 is 5.32 Å². The first kappa shape index (κ1) is 22.3. The number of oxime groups is 1. The van der Waals surface area contributed by atoms with Gasteiger partial charge in [0.1, 0.15) is 18.2 Å². The van der Waals surface area contributed by atoms with Crippen LogP contribution in [0.3, 0.4) is 0 Å². The summed E-state index contributed by atoms with van der Waals surface area (Å²) in [6, 6.07) is 0.427. The standard InChI is InChI=1S/C24H36N2O3.ClH/c1-23-9-7-15(26-29-14-16-4-3-11-25-16)12-20(23)21(27)13-17-18-5-6-22(28)24(18,2)10-8-19(17)23;/h16-20,25H,3-14H2,1-2H3;1H/b26-15+;/t16-,17+,18+,19+,20?,23-,24+;/m1./s1. The minimum absolute atomic E-state index is 0. The molecule has 7 atom stereocenters. The van der Waals surface area contributed by atoms with Crippen molar-refractivity contribution in [3.63, 3.8) is 0 Å². The van der Waals surface area contributed by atoms with Crippen LogP contribution in [-0.2, 0) is 14.4 Å². The Labute approximate surface area is 186 Å². The fraction of sp³-hybridized carbons (Fsp3) is 0.875. The molecule has 30 heavy (non-hydrogen) atoms. The Kier molecular flexibility index (Phi) is 6.08. The van der Waals surface area contributed by atoms with E-state index in [1.165, 1.54) is 6.42 Å². The lowest BCUT2D eigenvalue weighted by atomic mass is 9.45. The quantitative estimate of drug-likeness (QED) is 0.669. The predicted molar refractivity (Wildman–Crippen MR) is 119 cm³/mol. The number of halogens is 1. The van der Waals surface area contributed by atoms with Crippen LogP contribution in [0, 0.1) is 34.5 Å². The van der Waals surface area contributed by atoms with Crippen molar-refractivity contribution in [1.82, 2.24) is 5.32 Å². The Hall–Kier alpha value is -0.940. The molecule has 0 amide bonds. The SMILES string of the molecule is C[C@]12CC/C(=N\OC[C@H]3CCCN3)CC1C(=O)C[C@@H]1[C@@H]2CC[C@]2(C)C(=O)CC[C@@H]12.Cl. The van der Waals surface area contributed by atoms with Crippen LogP contribution in [0.15, 0.2) is 5.16 Å². The Morgan fingerprint density at radius 3 is 2.67 bits per heavy atom. The molecule has 0 aromatic carbocycles. The number of nitrogens with zero attached hydrogens (tertiary/aromatic N) is 1. The first-order valence-corrected chi connectivity index (χ1v) is 11.9. The van der Waals surface area contributed by atoms with Crippen molar-refractivity contribution < 1.29 is 14.4 Å². The summed E-state index contributed by atoms with van der Waals surface area (Å²) >= 11 is 0. The van der Waals surface area contributed by atoms with Gasteiger partial charge in [0, 0.05) is 30.2 Å². The van der Waals surface area contributed by atoms with E-state index < -0.39 is 0 Å². The molecule has 1 aliphatic heterocycles. The monoisotopic (exact) mass is 436 g/mol. The van der Waals surface area contributed by atoms with Gasteiger partial charge in [-0.25, -0.2) is 0 Å². The third kappa shape index (κ3) is 3.44. The largest absolute Gasteiger partial charge is 0.394 e. The minimum atomic E-state index is -0.159. The van der Waals surface area contributed by atoms with Crippen molar-refractivity contribution in [2.45, 2.75) is 84.1 Å². The van der Waals surface area contributed by atoms with E-state index in [0.29, 0.717) is 48.4 Å². The van der Waals surface area contributed by atoms with Crippen LogP contribution in [0.25, 0.3) is 0 Å². The van der Waals surface area contributed by atoms with Crippen LogP contribution in [-0.4, -0.2) is 36.5 Å². The zero-order chi connectivity index (χ0) is 20.2. The maximum atomic E-state index is 13.3. The summed E-state index contributed by atoms with van der Waals surface area (Å²) in [7, 11) is 0. The zero-order valence-corrected chi connectivity index (χ0v) is 19.3. The number of nitrogens with one attached hydrogen (secondary N) is 1. The number of Topliss-reactive ketones (excluding diaryl/α,β-unsaturated/α-hetero) is 2. The predicted octanol–water partition coefficient (Wildman–Crippen LogP) is 4.32. The van der Waals surface area contributed by atoms with Gasteiger partial charge in [0.25, 0.3) is 0 Å². The summed E-state index contributed by atoms with van der Waals surface area (Å²) in [5.74, 6) is 2.38. The molecule has 0 aromatic heterocycles. The molecule has 0 spiro atoms. The van der Waals surface area contributed by atoms with Crippen LogP contribution in [0.4, 0.5) is 0 Å². The molecule has 5 fully saturated rings. The van der Waals surface area contributed by atoms with Gasteiger partial charge in [0.05, 0.1) is 5.71 Å². The van der Waals surface area contributed by atoms with Gasteiger partial charge in [-0.1, -0.05) is 19.0 Å². The molecule has 1 heterocycles. The summed E-state index contributed by atoms with van der Waals surface area (Å²) in [4.78, 5) is 31.5. The van der Waals surface area contributed by atoms with E-state index in [2.05, 4.69) is 24.3 Å². The molecule has 0 radical (unpaired) electrons. The van der Waals surface area contributed by atoms with Crippen molar-refractivity contribution >= 4 is 29.7 Å². The number of hydrogen-bond donors (Lipinski definition) is 1. The summed E-state index contributed by atoms with van der Waals surface area (Å²) < 4.78 is 0. The fourth-order valence-electron chi connectivity index (χ4n) is 7.82. The van der Waals surface area contributed by atoms with Crippen LogP contribution >= 0.6 is 12.4 Å². The highest BCUT2D eigenvalue weighted by molar-refractivity contribution is 5.93. The van der Waals surface area contributed by atoms with E-state index in [-0.39, 0.29) is 29.2 Å². The van der Waals surface area contributed by atoms with Gasteiger partial charge in [0.2, 0.25) is 0 Å². The number of hydrogen-bond acceptors (Lipinski definition) is 5. The van der Waals surface area contributed by atoms with Crippen molar-refractivity contribution in [2.75, 3.05) is 13.2 Å². The molecule has 0 bridgehead atoms. The van der Waals surface area contributed by atoms with Crippen molar-refractivity contribution in [2.24, 2.45) is 39.7 Å². The lowest BCUT2D eigenvalue weighted by molar-refractivity contribution is -0.152. The maximum absolute atomic E-state index is 13.3. The van der Waals surface area contributed by atoms with Gasteiger partial charge in [-0.3, -0.25) is 9.59 Å². The summed E-state index contributed by atoms with van der Waals surface area (Å²) in [6.45, 7) is 6.27. The second kappa shape index (κ2) is 8.20.